The lowest BCUT2D eigenvalue weighted by Crippen LogP contribution is -2.30. The Hall–Kier alpha value is -0.260. The second kappa shape index (κ2) is 9.00. The van der Waals surface area contributed by atoms with Crippen LogP contribution in [-0.4, -0.2) is 46.1 Å². The average Bonchev–Trinajstić information content (AvgIpc) is 2.20. The van der Waals surface area contributed by atoms with Crippen LogP contribution in [-0.2, 0) is 14.2 Å². The van der Waals surface area contributed by atoms with E-state index in [-0.39, 0.29) is 6.61 Å². The van der Waals surface area contributed by atoms with Gasteiger partial charge in [0.1, 0.15) is 13.2 Å². The smallest absolute Gasteiger partial charge is 0.293 e. The lowest BCUT2D eigenvalue weighted by Gasteiger charge is -2.16. The highest BCUT2D eigenvalue weighted by atomic mass is 19.3. The first-order valence-corrected chi connectivity index (χ1v) is 5.14. The lowest BCUT2D eigenvalue weighted by atomic mass is 10.3. The van der Waals surface area contributed by atoms with Gasteiger partial charge >= 0.3 is 0 Å². The van der Waals surface area contributed by atoms with Crippen molar-refractivity contribution in [2.24, 2.45) is 0 Å². The third kappa shape index (κ3) is 10.0. The second-order valence-electron chi connectivity index (χ2n) is 3.31. The number of rotatable bonds is 10. The number of hydrogen-bond donors (Lipinski definition) is 0. The van der Waals surface area contributed by atoms with E-state index in [1.807, 2.05) is 6.92 Å². The van der Waals surface area contributed by atoms with Gasteiger partial charge in [0, 0.05) is 13.7 Å². The summed E-state index contributed by atoms with van der Waals surface area (Å²) in [6.45, 7) is 1.69. The van der Waals surface area contributed by atoms with Crippen molar-refractivity contribution in [1.82, 2.24) is 0 Å². The van der Waals surface area contributed by atoms with Crippen LogP contribution in [0.15, 0.2) is 0 Å². The van der Waals surface area contributed by atoms with Crippen LogP contribution in [0.2, 0.25) is 0 Å². The van der Waals surface area contributed by atoms with E-state index < -0.39 is 19.1 Å². The van der Waals surface area contributed by atoms with Crippen LogP contribution >= 0.6 is 0 Å². The van der Waals surface area contributed by atoms with E-state index in [2.05, 4.69) is 4.74 Å². The maximum atomic E-state index is 13.0. The zero-order valence-corrected chi connectivity index (χ0v) is 9.43. The van der Waals surface area contributed by atoms with E-state index in [4.69, 9.17) is 9.47 Å². The standard InChI is InChI=1S/C10H20F2O3/c1-3-4-5-14-8-10(11,12)9-15-7-6-13-2/h3-9H2,1-2H3. The normalized spacial score (nSPS) is 12.0. The van der Waals surface area contributed by atoms with Crippen LogP contribution in [0.1, 0.15) is 19.8 Å². The molecule has 0 aliphatic carbocycles. The molecule has 0 radical (unpaired) electrons. The highest BCUT2D eigenvalue weighted by Crippen LogP contribution is 2.14. The molecular formula is C10H20F2O3. The van der Waals surface area contributed by atoms with Crippen molar-refractivity contribution in [2.45, 2.75) is 25.7 Å². The molecule has 0 amide bonds. The Bertz CT molecular complexity index is 129. The molecule has 0 aliphatic rings. The van der Waals surface area contributed by atoms with Gasteiger partial charge in [-0.05, 0) is 6.42 Å². The molecule has 0 aromatic heterocycles. The van der Waals surface area contributed by atoms with E-state index in [0.717, 1.165) is 12.8 Å². The molecule has 3 nitrogen and oxygen atoms in total. The van der Waals surface area contributed by atoms with Gasteiger partial charge in [0.2, 0.25) is 0 Å². The number of ether oxygens (including phenoxy) is 3. The topological polar surface area (TPSA) is 27.7 Å². The van der Waals surface area contributed by atoms with Crippen molar-refractivity contribution in [3.8, 4) is 0 Å². The summed E-state index contributed by atoms with van der Waals surface area (Å²) in [6, 6.07) is 0. The summed E-state index contributed by atoms with van der Waals surface area (Å²) in [6.07, 6.45) is 1.75. The Morgan fingerprint density at radius 1 is 1.00 bits per heavy atom. The van der Waals surface area contributed by atoms with Gasteiger partial charge in [-0.15, -0.1) is 0 Å². The molecule has 0 spiro atoms. The van der Waals surface area contributed by atoms with Crippen molar-refractivity contribution in [2.75, 3.05) is 40.1 Å². The van der Waals surface area contributed by atoms with E-state index in [9.17, 15) is 8.78 Å². The van der Waals surface area contributed by atoms with Gasteiger partial charge < -0.3 is 14.2 Å². The first-order chi connectivity index (χ1) is 7.12. The largest absolute Gasteiger partial charge is 0.382 e. The number of hydrogen-bond acceptors (Lipinski definition) is 3. The number of unbranched alkanes of at least 4 members (excludes halogenated alkanes) is 1. The van der Waals surface area contributed by atoms with Crippen LogP contribution in [0.4, 0.5) is 8.78 Å². The van der Waals surface area contributed by atoms with Crippen molar-refractivity contribution in [3.63, 3.8) is 0 Å². The van der Waals surface area contributed by atoms with Gasteiger partial charge in [0.15, 0.2) is 0 Å². The SMILES string of the molecule is CCCCOCC(F)(F)COCCOC. The van der Waals surface area contributed by atoms with Crippen LogP contribution < -0.4 is 0 Å². The molecule has 15 heavy (non-hydrogen) atoms. The maximum Gasteiger partial charge on any atom is 0.293 e. The van der Waals surface area contributed by atoms with Gasteiger partial charge in [-0.1, -0.05) is 13.3 Å². The summed E-state index contributed by atoms with van der Waals surface area (Å²) in [4.78, 5) is 0. The molecule has 0 fully saturated rings. The zero-order chi connectivity index (χ0) is 11.6. The summed E-state index contributed by atoms with van der Waals surface area (Å²) in [7, 11) is 1.50. The third-order valence-corrected chi connectivity index (χ3v) is 1.70. The van der Waals surface area contributed by atoms with Gasteiger partial charge in [-0.3, -0.25) is 0 Å². The molecule has 0 aliphatic heterocycles. The molecule has 0 bridgehead atoms. The van der Waals surface area contributed by atoms with Crippen molar-refractivity contribution in [3.05, 3.63) is 0 Å². The van der Waals surface area contributed by atoms with E-state index in [1.165, 1.54) is 7.11 Å². The minimum Gasteiger partial charge on any atom is -0.382 e. The first kappa shape index (κ1) is 14.7. The van der Waals surface area contributed by atoms with Crippen LogP contribution in [0.3, 0.4) is 0 Å². The van der Waals surface area contributed by atoms with Crippen molar-refractivity contribution >= 4 is 0 Å². The predicted octanol–water partition coefficient (Wildman–Crippen LogP) is 2.10. The van der Waals surface area contributed by atoms with E-state index in [1.54, 1.807) is 0 Å². The fourth-order valence-electron chi connectivity index (χ4n) is 0.873. The number of methoxy groups -OCH3 is 1. The molecule has 0 atom stereocenters. The summed E-state index contributed by atoms with van der Waals surface area (Å²) in [5, 5.41) is 0. The molecule has 0 aromatic rings. The molecule has 0 N–H and O–H groups in total. The molecule has 0 aromatic carbocycles. The van der Waals surface area contributed by atoms with Crippen LogP contribution in [0.25, 0.3) is 0 Å². The lowest BCUT2D eigenvalue weighted by molar-refractivity contribution is -0.127. The molecular weight excluding hydrogens is 206 g/mol. The third-order valence-electron chi connectivity index (χ3n) is 1.70. The highest BCUT2D eigenvalue weighted by molar-refractivity contribution is 4.63. The number of halogens is 2. The monoisotopic (exact) mass is 226 g/mol. The summed E-state index contributed by atoms with van der Waals surface area (Å²) in [5.41, 5.74) is 0. The van der Waals surface area contributed by atoms with Crippen LogP contribution in [0.5, 0.6) is 0 Å². The zero-order valence-electron chi connectivity index (χ0n) is 9.43. The average molecular weight is 226 g/mol. The Morgan fingerprint density at radius 2 is 1.60 bits per heavy atom. The summed E-state index contributed by atoms with van der Waals surface area (Å²) < 4.78 is 40.2. The van der Waals surface area contributed by atoms with Crippen molar-refractivity contribution in [1.29, 1.82) is 0 Å². The Morgan fingerprint density at radius 3 is 2.13 bits per heavy atom. The van der Waals surface area contributed by atoms with Gasteiger partial charge in [-0.2, -0.15) is 0 Å². The molecule has 5 heteroatoms. The molecule has 92 valence electrons. The second-order valence-corrected chi connectivity index (χ2v) is 3.31. The minimum absolute atomic E-state index is 0.182. The van der Waals surface area contributed by atoms with Gasteiger partial charge in [-0.25, -0.2) is 8.78 Å². The fraction of sp³-hybridized carbons (Fsp3) is 1.00. The maximum absolute atomic E-state index is 13.0. The van der Waals surface area contributed by atoms with Gasteiger partial charge in [0.05, 0.1) is 13.2 Å². The summed E-state index contributed by atoms with van der Waals surface area (Å²) in [5.74, 6) is -2.90. The quantitative estimate of drug-likeness (QED) is 0.534. The Kier molecular flexibility index (Phi) is 8.85. The van der Waals surface area contributed by atoms with E-state index in [0.29, 0.717) is 13.2 Å². The predicted molar refractivity (Wildman–Crippen MR) is 53.4 cm³/mol. The minimum atomic E-state index is -2.90. The first-order valence-electron chi connectivity index (χ1n) is 5.14. The molecule has 0 rings (SSSR count). The summed E-state index contributed by atoms with van der Waals surface area (Å²) >= 11 is 0. The van der Waals surface area contributed by atoms with Crippen molar-refractivity contribution < 1.29 is 23.0 Å². The van der Waals surface area contributed by atoms with E-state index >= 15 is 0 Å². The Labute approximate surface area is 89.7 Å². The Balaban J connectivity index is 3.40. The molecule has 0 saturated carbocycles. The van der Waals surface area contributed by atoms with Crippen LogP contribution in [0, 0.1) is 0 Å². The molecule has 0 heterocycles. The number of alkyl halides is 2. The molecule has 0 saturated heterocycles. The van der Waals surface area contributed by atoms with Gasteiger partial charge in [0.25, 0.3) is 5.92 Å². The molecule has 0 unspecified atom stereocenters. The fourth-order valence-corrected chi connectivity index (χ4v) is 0.873. The highest BCUT2D eigenvalue weighted by Gasteiger charge is 2.29.